The molecule has 2 saturated heterocycles. The number of aromatic hydroxyl groups is 1. The average molecular weight is 415 g/mol. The van der Waals surface area contributed by atoms with E-state index < -0.39 is 12.3 Å². The lowest BCUT2D eigenvalue weighted by molar-refractivity contribution is -0.0441. The number of ether oxygens (including phenoxy) is 1. The van der Waals surface area contributed by atoms with Crippen molar-refractivity contribution < 1.29 is 14.2 Å². The van der Waals surface area contributed by atoms with Gasteiger partial charge >= 0.3 is 0 Å². The summed E-state index contributed by atoms with van der Waals surface area (Å²) in [5.41, 5.74) is 1.32. The number of fused-ring (bicyclic) bond motifs is 2. The molecule has 5 rings (SSSR count). The smallest absolute Gasteiger partial charge is 0.294 e. The number of piperidine rings is 1. The third-order valence-electron chi connectivity index (χ3n) is 6.36. The quantitative estimate of drug-likeness (QED) is 0.704. The van der Waals surface area contributed by atoms with Gasteiger partial charge in [-0.25, -0.2) is 9.37 Å². The van der Waals surface area contributed by atoms with Crippen LogP contribution in [0.2, 0.25) is 0 Å². The monoisotopic (exact) mass is 415 g/mol. The maximum Gasteiger partial charge on any atom is 0.294 e. The summed E-state index contributed by atoms with van der Waals surface area (Å²) in [7, 11) is 2.00. The highest BCUT2D eigenvalue weighted by Gasteiger charge is 2.53. The molecule has 3 aromatic rings. The van der Waals surface area contributed by atoms with Crippen molar-refractivity contribution in [1.82, 2.24) is 24.6 Å². The van der Waals surface area contributed by atoms with Gasteiger partial charge in [0.1, 0.15) is 11.9 Å². The minimum atomic E-state index is -1.05. The third-order valence-corrected chi connectivity index (χ3v) is 7.21. The molecule has 0 aliphatic carbocycles. The van der Waals surface area contributed by atoms with E-state index in [1.165, 1.54) is 11.3 Å². The predicted octanol–water partition coefficient (Wildman–Crippen LogP) is 3.44. The fourth-order valence-corrected chi connectivity index (χ4v) is 5.30. The molecule has 0 saturated carbocycles. The van der Waals surface area contributed by atoms with Crippen molar-refractivity contribution in [2.75, 3.05) is 7.05 Å². The minimum absolute atomic E-state index is 0.0349. The van der Waals surface area contributed by atoms with Crippen LogP contribution in [0, 0.1) is 0 Å². The maximum absolute atomic E-state index is 15.0. The highest BCUT2D eigenvalue weighted by Crippen LogP contribution is 2.45. The maximum atomic E-state index is 15.0. The zero-order chi connectivity index (χ0) is 20.2. The first-order valence-corrected chi connectivity index (χ1v) is 10.5. The molecule has 4 heterocycles. The van der Waals surface area contributed by atoms with E-state index in [4.69, 9.17) is 4.74 Å². The second kappa shape index (κ2) is 6.77. The largest absolute Gasteiger partial charge is 0.507 e. The Balaban J connectivity index is 1.35. The molecule has 29 heavy (non-hydrogen) atoms. The van der Waals surface area contributed by atoms with Gasteiger partial charge < -0.3 is 14.4 Å². The van der Waals surface area contributed by atoms with Gasteiger partial charge in [-0.05, 0) is 38.9 Å². The summed E-state index contributed by atoms with van der Waals surface area (Å²) < 4.78 is 22.7. The summed E-state index contributed by atoms with van der Waals surface area (Å²) in [6, 6.07) is 5.19. The van der Waals surface area contributed by atoms with E-state index in [1.807, 2.05) is 13.1 Å². The molecule has 0 spiro atoms. The van der Waals surface area contributed by atoms with E-state index in [1.54, 1.807) is 35.4 Å². The van der Waals surface area contributed by atoms with E-state index in [2.05, 4.69) is 27.0 Å². The molecule has 9 heteroatoms. The van der Waals surface area contributed by atoms with E-state index in [-0.39, 0.29) is 17.3 Å². The van der Waals surface area contributed by atoms with Crippen molar-refractivity contribution in [2.45, 2.75) is 50.0 Å². The van der Waals surface area contributed by atoms with Gasteiger partial charge in [0, 0.05) is 36.5 Å². The van der Waals surface area contributed by atoms with Crippen molar-refractivity contribution in [1.29, 1.82) is 0 Å². The molecule has 2 aliphatic heterocycles. The summed E-state index contributed by atoms with van der Waals surface area (Å²) in [5, 5.41) is 19.6. The van der Waals surface area contributed by atoms with E-state index >= 15 is 0 Å². The molecule has 152 valence electrons. The van der Waals surface area contributed by atoms with E-state index in [0.717, 1.165) is 18.5 Å². The Kier molecular flexibility index (Phi) is 4.32. The molecule has 2 fully saturated rings. The molecule has 1 aromatic carbocycles. The number of hydrogen-bond acceptors (Lipinski definition) is 7. The Morgan fingerprint density at radius 1 is 1.34 bits per heavy atom. The zero-order valence-corrected chi connectivity index (χ0v) is 17.0. The van der Waals surface area contributed by atoms with Crippen LogP contribution in [0.5, 0.6) is 10.9 Å². The summed E-state index contributed by atoms with van der Waals surface area (Å²) in [5.74, 6) is 0.0899. The van der Waals surface area contributed by atoms with Crippen LogP contribution >= 0.6 is 11.3 Å². The van der Waals surface area contributed by atoms with Gasteiger partial charge in [-0.3, -0.25) is 4.90 Å². The van der Waals surface area contributed by atoms with Crippen LogP contribution in [-0.2, 0) is 0 Å². The number of phenols is 1. The van der Waals surface area contributed by atoms with Crippen LogP contribution in [0.15, 0.2) is 36.9 Å². The highest BCUT2D eigenvalue weighted by molar-refractivity contribution is 7.16. The van der Waals surface area contributed by atoms with Gasteiger partial charge in [0.05, 0.1) is 17.6 Å². The fourth-order valence-electron chi connectivity index (χ4n) is 4.52. The second-order valence-corrected chi connectivity index (χ2v) is 9.00. The first kappa shape index (κ1) is 18.5. The molecule has 0 radical (unpaired) electrons. The summed E-state index contributed by atoms with van der Waals surface area (Å²) in [6.45, 7) is 2.17. The Morgan fingerprint density at radius 3 is 2.97 bits per heavy atom. The first-order valence-electron chi connectivity index (χ1n) is 9.63. The van der Waals surface area contributed by atoms with Crippen molar-refractivity contribution in [3.05, 3.63) is 36.9 Å². The summed E-state index contributed by atoms with van der Waals surface area (Å²) in [6.07, 6.45) is 6.02. The normalized spacial score (nSPS) is 29.3. The molecule has 2 aromatic heterocycles. The van der Waals surface area contributed by atoms with Crippen molar-refractivity contribution >= 4 is 11.3 Å². The number of hydrogen-bond donors (Lipinski definition) is 1. The lowest BCUT2D eigenvalue weighted by atomic mass is 9.88. The van der Waals surface area contributed by atoms with Gasteiger partial charge in [-0.15, -0.1) is 5.10 Å². The third kappa shape index (κ3) is 3.08. The first-order chi connectivity index (χ1) is 13.9. The van der Waals surface area contributed by atoms with Crippen molar-refractivity contribution in [3.63, 3.8) is 0 Å². The van der Waals surface area contributed by atoms with Gasteiger partial charge in [-0.2, -0.15) is 0 Å². The molecule has 2 bridgehead atoms. The number of phenolic OH excluding ortho intramolecular Hbond substituents is 1. The van der Waals surface area contributed by atoms with Gasteiger partial charge in [0.15, 0.2) is 11.2 Å². The molecule has 0 unspecified atom stereocenters. The van der Waals surface area contributed by atoms with Gasteiger partial charge in [-0.1, -0.05) is 16.4 Å². The number of aromatic nitrogens is 4. The van der Waals surface area contributed by atoms with Crippen LogP contribution in [0.1, 0.15) is 26.2 Å². The fraction of sp³-hybridized carbons (Fsp3) is 0.450. The Morgan fingerprint density at radius 2 is 2.21 bits per heavy atom. The molecule has 7 nitrogen and oxygen atoms in total. The molecule has 1 N–H and O–H groups in total. The van der Waals surface area contributed by atoms with Gasteiger partial charge in [0.25, 0.3) is 5.19 Å². The van der Waals surface area contributed by atoms with E-state index in [0.29, 0.717) is 22.2 Å². The topological polar surface area (TPSA) is 76.3 Å². The number of nitrogens with zero attached hydrogens (tertiary/aromatic N) is 5. The molecule has 0 amide bonds. The number of alkyl halides is 1. The molecular weight excluding hydrogens is 393 g/mol. The molecule has 2 aliphatic rings. The van der Waals surface area contributed by atoms with Crippen LogP contribution in [0.4, 0.5) is 4.39 Å². The number of rotatable bonds is 4. The lowest BCUT2D eigenvalue weighted by Gasteiger charge is -2.44. The average Bonchev–Trinajstić information content (AvgIpc) is 3.42. The SMILES string of the molecule is CN1[C@@H]2CC[C@@]1(C)C[C@H](Oc1nnc(-c3ccc(-n4ccnc4)cc3O)s1)[C@H]2F. The number of benzene rings is 1. The number of halogens is 1. The van der Waals surface area contributed by atoms with Crippen LogP contribution in [0.3, 0.4) is 0 Å². The standard InChI is InChI=1S/C20H22FN5O2S/c1-20-6-5-14(25(20)2)17(21)16(10-20)28-19-24-23-18(29-19)13-4-3-12(9-15(13)27)26-8-7-22-11-26/h3-4,7-9,11,14,16-17,27H,5-6,10H2,1-2H3/t14-,16+,17+,20+/m1/s1. The Bertz CT molecular complexity index is 1030. The molecular formula is C20H22FN5O2S. The van der Waals surface area contributed by atoms with E-state index in [9.17, 15) is 9.50 Å². The van der Waals surface area contributed by atoms with Crippen LogP contribution in [-0.4, -0.2) is 60.7 Å². The zero-order valence-electron chi connectivity index (χ0n) is 16.2. The van der Waals surface area contributed by atoms with Crippen molar-refractivity contribution in [2.24, 2.45) is 0 Å². The van der Waals surface area contributed by atoms with Crippen LogP contribution in [0.25, 0.3) is 16.3 Å². The second-order valence-electron chi connectivity index (χ2n) is 8.06. The van der Waals surface area contributed by atoms with Crippen LogP contribution < -0.4 is 4.74 Å². The highest BCUT2D eigenvalue weighted by atomic mass is 32.1. The minimum Gasteiger partial charge on any atom is -0.507 e. The van der Waals surface area contributed by atoms with Gasteiger partial charge in [0.2, 0.25) is 0 Å². The molecule has 4 atom stereocenters. The van der Waals surface area contributed by atoms with Crippen molar-refractivity contribution in [3.8, 4) is 27.2 Å². The summed E-state index contributed by atoms with van der Waals surface area (Å²) in [4.78, 5) is 6.16. The Labute approximate surface area is 171 Å². The summed E-state index contributed by atoms with van der Waals surface area (Å²) >= 11 is 1.22. The number of imidazole rings is 1. The Hall–Kier alpha value is -2.52. The lowest BCUT2D eigenvalue weighted by Crippen LogP contribution is -2.57. The predicted molar refractivity (Wildman–Crippen MR) is 107 cm³/mol.